The molecule has 1 aliphatic rings. The maximum absolute atomic E-state index is 13.1. The van der Waals surface area contributed by atoms with E-state index in [4.69, 9.17) is 4.74 Å². The number of hydrogen-bond donors (Lipinski definition) is 0. The highest BCUT2D eigenvalue weighted by atomic mass is 32.2. The zero-order valence-electron chi connectivity index (χ0n) is 18.1. The first-order valence-corrected chi connectivity index (χ1v) is 11.2. The quantitative estimate of drug-likeness (QED) is 0.519. The Balaban J connectivity index is 1.67. The van der Waals surface area contributed by atoms with Gasteiger partial charge >= 0.3 is 6.61 Å². The predicted molar refractivity (Wildman–Crippen MR) is 118 cm³/mol. The number of thioether (sulfide) groups is 1. The topological polar surface area (TPSA) is 59.1 Å². The van der Waals surface area contributed by atoms with Crippen LogP contribution in [0.15, 0.2) is 47.4 Å². The third-order valence-electron chi connectivity index (χ3n) is 5.14. The number of benzene rings is 2. The zero-order chi connectivity index (χ0) is 23.1. The summed E-state index contributed by atoms with van der Waals surface area (Å²) in [5.74, 6) is 0.274. The molecule has 0 radical (unpaired) electrons. The average molecular weight is 465 g/mol. The minimum absolute atomic E-state index is 0.0651. The molecule has 1 heterocycles. The number of ether oxygens (including phenoxy) is 2. The Hall–Kier alpha value is -2.81. The lowest BCUT2D eigenvalue weighted by molar-refractivity contribution is -0.127. The number of amides is 2. The number of likely N-dealkylation sites (tertiary alicyclic amines) is 1. The van der Waals surface area contributed by atoms with Crippen LogP contribution in [0.2, 0.25) is 0 Å². The maximum atomic E-state index is 13.1. The van der Waals surface area contributed by atoms with E-state index in [0.717, 1.165) is 30.8 Å². The second-order valence-electron chi connectivity index (χ2n) is 7.40. The van der Waals surface area contributed by atoms with Crippen LogP contribution in [0.1, 0.15) is 28.8 Å². The van der Waals surface area contributed by atoms with E-state index >= 15 is 0 Å². The van der Waals surface area contributed by atoms with Gasteiger partial charge in [0.15, 0.2) is 11.5 Å². The van der Waals surface area contributed by atoms with Crippen LogP contribution < -0.4 is 9.47 Å². The highest BCUT2D eigenvalue weighted by Gasteiger charge is 2.21. The van der Waals surface area contributed by atoms with Gasteiger partial charge in [0, 0.05) is 31.6 Å². The number of carbonyl (C=O) groups is 2. The molecule has 2 amide bonds. The molecule has 2 aromatic carbocycles. The maximum Gasteiger partial charge on any atom is 0.387 e. The molecule has 1 fully saturated rings. The molecule has 0 unspecified atom stereocenters. The lowest BCUT2D eigenvalue weighted by atomic mass is 10.1. The lowest BCUT2D eigenvalue weighted by Crippen LogP contribution is -2.29. The molecule has 1 aliphatic heterocycles. The number of hydrogen-bond acceptors (Lipinski definition) is 5. The fourth-order valence-corrected chi connectivity index (χ4v) is 4.47. The van der Waals surface area contributed by atoms with E-state index in [1.807, 2.05) is 17.0 Å². The average Bonchev–Trinajstić information content (AvgIpc) is 3.33. The predicted octanol–water partition coefficient (Wildman–Crippen LogP) is 4.28. The van der Waals surface area contributed by atoms with Crippen molar-refractivity contribution in [3.63, 3.8) is 0 Å². The van der Waals surface area contributed by atoms with E-state index in [1.165, 1.54) is 29.8 Å². The lowest BCUT2D eigenvalue weighted by Gasteiger charge is -2.20. The minimum atomic E-state index is -2.95. The van der Waals surface area contributed by atoms with Crippen LogP contribution in [-0.4, -0.2) is 61.2 Å². The van der Waals surface area contributed by atoms with Crippen LogP contribution in [-0.2, 0) is 11.3 Å². The highest BCUT2D eigenvalue weighted by Crippen LogP contribution is 2.30. The molecule has 9 heteroatoms. The zero-order valence-corrected chi connectivity index (χ0v) is 18.9. The van der Waals surface area contributed by atoms with Crippen molar-refractivity contribution in [1.29, 1.82) is 0 Å². The van der Waals surface area contributed by atoms with E-state index in [0.29, 0.717) is 11.1 Å². The normalized spacial score (nSPS) is 13.3. The monoisotopic (exact) mass is 464 g/mol. The Morgan fingerprint density at radius 3 is 2.53 bits per heavy atom. The number of halogens is 2. The van der Waals surface area contributed by atoms with Gasteiger partial charge in [-0.15, -0.1) is 11.8 Å². The van der Waals surface area contributed by atoms with E-state index in [1.54, 1.807) is 31.3 Å². The summed E-state index contributed by atoms with van der Waals surface area (Å²) in [6.07, 6.45) is 2.08. The van der Waals surface area contributed by atoms with E-state index < -0.39 is 6.61 Å². The van der Waals surface area contributed by atoms with Gasteiger partial charge in [0.25, 0.3) is 5.91 Å². The summed E-state index contributed by atoms with van der Waals surface area (Å²) in [7, 11) is 3.03. The molecule has 32 heavy (non-hydrogen) atoms. The molecule has 0 spiro atoms. The summed E-state index contributed by atoms with van der Waals surface area (Å²) in [4.78, 5) is 29.6. The Morgan fingerprint density at radius 2 is 1.84 bits per heavy atom. The molecule has 0 bridgehead atoms. The number of alkyl halides is 2. The van der Waals surface area contributed by atoms with E-state index in [9.17, 15) is 18.4 Å². The second kappa shape index (κ2) is 11.2. The van der Waals surface area contributed by atoms with Crippen LogP contribution in [0.3, 0.4) is 0 Å². The van der Waals surface area contributed by atoms with Crippen LogP contribution >= 0.6 is 11.8 Å². The van der Waals surface area contributed by atoms with Crippen molar-refractivity contribution < 1.29 is 27.8 Å². The van der Waals surface area contributed by atoms with Crippen molar-refractivity contribution in [2.75, 3.05) is 33.0 Å². The smallest absolute Gasteiger partial charge is 0.387 e. The van der Waals surface area contributed by atoms with Gasteiger partial charge in [0.2, 0.25) is 5.91 Å². The number of nitrogens with zero attached hydrogens (tertiary/aromatic N) is 2. The first-order chi connectivity index (χ1) is 15.4. The molecule has 3 rings (SSSR count). The van der Waals surface area contributed by atoms with Gasteiger partial charge in [0.05, 0.1) is 18.4 Å². The van der Waals surface area contributed by atoms with E-state index in [-0.39, 0.29) is 35.6 Å². The third kappa shape index (κ3) is 6.12. The summed E-state index contributed by atoms with van der Waals surface area (Å²) in [6, 6.07) is 11.8. The Bertz CT molecular complexity index is 951. The van der Waals surface area contributed by atoms with Crippen LogP contribution in [0.25, 0.3) is 0 Å². The van der Waals surface area contributed by atoms with Crippen molar-refractivity contribution >= 4 is 23.6 Å². The Morgan fingerprint density at radius 1 is 1.12 bits per heavy atom. The number of methoxy groups -OCH3 is 1. The van der Waals surface area contributed by atoms with Crippen molar-refractivity contribution in [3.8, 4) is 11.5 Å². The van der Waals surface area contributed by atoms with Crippen LogP contribution in [0.4, 0.5) is 8.78 Å². The fourth-order valence-electron chi connectivity index (χ4n) is 3.52. The van der Waals surface area contributed by atoms with Crippen molar-refractivity contribution in [3.05, 3.63) is 53.6 Å². The molecule has 0 atom stereocenters. The molecule has 0 aliphatic carbocycles. The molecule has 0 N–H and O–H groups in total. The summed E-state index contributed by atoms with van der Waals surface area (Å²) < 4.78 is 34.6. The minimum Gasteiger partial charge on any atom is -0.493 e. The standard InChI is InChI=1S/C23H26F2N2O4S/c1-26(14-16-9-10-18(31-23(24)25)19(13-16)30-2)22(29)17-7-3-4-8-20(17)32-15-21(28)27-11-5-6-12-27/h3-4,7-10,13,23H,5-6,11-12,14-15H2,1-2H3. The SMILES string of the molecule is COc1cc(CN(C)C(=O)c2ccccc2SCC(=O)N2CCCC2)ccc1OC(F)F. The van der Waals surface area contributed by atoms with E-state index in [2.05, 4.69) is 4.74 Å². The van der Waals surface area contributed by atoms with Gasteiger partial charge in [-0.1, -0.05) is 18.2 Å². The molecular weight excluding hydrogens is 438 g/mol. The van der Waals surface area contributed by atoms with Gasteiger partial charge < -0.3 is 19.3 Å². The molecule has 2 aromatic rings. The van der Waals surface area contributed by atoms with Gasteiger partial charge in [0.1, 0.15) is 0 Å². The summed E-state index contributed by atoms with van der Waals surface area (Å²) in [6.45, 7) is -1.11. The molecule has 0 saturated carbocycles. The summed E-state index contributed by atoms with van der Waals surface area (Å²) in [5, 5.41) is 0. The molecule has 172 valence electrons. The largest absolute Gasteiger partial charge is 0.493 e. The number of carbonyl (C=O) groups excluding carboxylic acids is 2. The van der Waals surface area contributed by atoms with Crippen molar-refractivity contribution in [2.24, 2.45) is 0 Å². The molecule has 1 saturated heterocycles. The Labute approximate surface area is 190 Å². The number of rotatable bonds is 9. The van der Waals surface area contributed by atoms with Gasteiger partial charge in [-0.3, -0.25) is 9.59 Å². The summed E-state index contributed by atoms with van der Waals surface area (Å²) >= 11 is 1.36. The molecule has 6 nitrogen and oxygen atoms in total. The van der Waals surface area contributed by atoms with Gasteiger partial charge in [-0.05, 0) is 42.7 Å². The first kappa shape index (κ1) is 23.8. The van der Waals surface area contributed by atoms with Gasteiger partial charge in [-0.2, -0.15) is 8.78 Å². The van der Waals surface area contributed by atoms with Crippen LogP contribution in [0, 0.1) is 0 Å². The first-order valence-electron chi connectivity index (χ1n) is 10.3. The fraction of sp³-hybridized carbons (Fsp3) is 0.391. The summed E-state index contributed by atoms with van der Waals surface area (Å²) in [5.41, 5.74) is 1.22. The van der Waals surface area contributed by atoms with Crippen LogP contribution in [0.5, 0.6) is 11.5 Å². The third-order valence-corrected chi connectivity index (χ3v) is 6.20. The molecular formula is C23H26F2N2O4S. The van der Waals surface area contributed by atoms with Crippen molar-refractivity contribution in [2.45, 2.75) is 30.9 Å². The van der Waals surface area contributed by atoms with Gasteiger partial charge in [-0.25, -0.2) is 0 Å². The van der Waals surface area contributed by atoms with Crippen molar-refractivity contribution in [1.82, 2.24) is 9.80 Å². The second-order valence-corrected chi connectivity index (χ2v) is 8.41. The Kier molecular flexibility index (Phi) is 8.33. The highest BCUT2D eigenvalue weighted by molar-refractivity contribution is 8.00. The molecule has 0 aromatic heterocycles.